The van der Waals surface area contributed by atoms with E-state index in [2.05, 4.69) is 35.9 Å². The molecule has 0 aliphatic heterocycles. The topological polar surface area (TPSA) is 12.9 Å². The Morgan fingerprint density at radius 2 is 1.53 bits per heavy atom. The predicted molar refractivity (Wildman–Crippen MR) is 78.9 cm³/mol. The normalized spacial score (nSPS) is 9.95. The standard InChI is InChI=1S/C18H13N/c1-14-6-2-3-7-15(14)10-11-16-12-13-19-18-9-5-4-8-17(16)18/h2-9,12-13H,1H3. The van der Waals surface area contributed by atoms with Gasteiger partial charge in [-0.15, -0.1) is 0 Å². The maximum atomic E-state index is 4.35. The molecule has 0 aliphatic rings. The third-order valence-corrected chi connectivity index (χ3v) is 3.13. The predicted octanol–water partition coefficient (Wildman–Crippen LogP) is 3.94. The fraction of sp³-hybridized carbons (Fsp3) is 0.0556. The van der Waals surface area contributed by atoms with Crippen molar-refractivity contribution in [2.45, 2.75) is 6.92 Å². The molecule has 0 saturated carbocycles. The van der Waals surface area contributed by atoms with Crippen LogP contribution in [0, 0.1) is 18.8 Å². The Balaban J connectivity index is 2.11. The average molecular weight is 243 g/mol. The molecule has 1 nitrogen and oxygen atoms in total. The van der Waals surface area contributed by atoms with E-state index in [1.807, 2.05) is 48.7 Å². The van der Waals surface area contributed by atoms with Crippen molar-refractivity contribution in [1.82, 2.24) is 4.98 Å². The molecule has 0 amide bonds. The molecule has 1 heterocycles. The minimum Gasteiger partial charge on any atom is -0.256 e. The smallest absolute Gasteiger partial charge is 0.0714 e. The summed E-state index contributed by atoms with van der Waals surface area (Å²) < 4.78 is 0. The number of aromatic nitrogens is 1. The van der Waals surface area contributed by atoms with Crippen LogP contribution < -0.4 is 0 Å². The van der Waals surface area contributed by atoms with Gasteiger partial charge in [0.25, 0.3) is 0 Å². The fourth-order valence-corrected chi connectivity index (χ4v) is 2.05. The van der Waals surface area contributed by atoms with Crippen LogP contribution in [0.15, 0.2) is 60.8 Å². The van der Waals surface area contributed by atoms with Crippen LogP contribution in [-0.4, -0.2) is 4.98 Å². The van der Waals surface area contributed by atoms with Gasteiger partial charge in [-0.05, 0) is 30.7 Å². The summed E-state index contributed by atoms with van der Waals surface area (Å²) in [5.74, 6) is 6.50. The zero-order valence-electron chi connectivity index (χ0n) is 10.7. The van der Waals surface area contributed by atoms with Gasteiger partial charge in [0.1, 0.15) is 0 Å². The first-order valence-corrected chi connectivity index (χ1v) is 6.26. The van der Waals surface area contributed by atoms with E-state index >= 15 is 0 Å². The highest BCUT2D eigenvalue weighted by Crippen LogP contribution is 2.15. The molecule has 0 unspecified atom stereocenters. The first-order valence-electron chi connectivity index (χ1n) is 6.26. The van der Waals surface area contributed by atoms with E-state index in [0.717, 1.165) is 22.0 Å². The lowest BCUT2D eigenvalue weighted by Gasteiger charge is -1.99. The van der Waals surface area contributed by atoms with Crippen LogP contribution in [0.25, 0.3) is 10.9 Å². The lowest BCUT2D eigenvalue weighted by atomic mass is 10.1. The Morgan fingerprint density at radius 3 is 2.42 bits per heavy atom. The molecule has 2 aromatic carbocycles. The van der Waals surface area contributed by atoms with Crippen LogP contribution in [0.3, 0.4) is 0 Å². The highest BCUT2D eigenvalue weighted by Gasteiger charge is 1.98. The second kappa shape index (κ2) is 4.96. The third kappa shape index (κ3) is 2.34. The van der Waals surface area contributed by atoms with Gasteiger partial charge >= 0.3 is 0 Å². The lowest BCUT2D eigenvalue weighted by Crippen LogP contribution is -1.84. The number of hydrogen-bond acceptors (Lipinski definition) is 1. The molecule has 0 aliphatic carbocycles. The van der Waals surface area contributed by atoms with Gasteiger partial charge in [-0.3, -0.25) is 4.98 Å². The summed E-state index contributed by atoms with van der Waals surface area (Å²) >= 11 is 0. The van der Waals surface area contributed by atoms with Gasteiger partial charge < -0.3 is 0 Å². The maximum absolute atomic E-state index is 4.35. The summed E-state index contributed by atoms with van der Waals surface area (Å²) in [5, 5.41) is 1.10. The Labute approximate surface area is 112 Å². The monoisotopic (exact) mass is 243 g/mol. The molecule has 1 heteroatoms. The number of fused-ring (bicyclic) bond motifs is 1. The zero-order chi connectivity index (χ0) is 13.1. The Hall–Kier alpha value is -2.59. The Kier molecular flexibility index (Phi) is 3.00. The largest absolute Gasteiger partial charge is 0.256 e. The van der Waals surface area contributed by atoms with Crippen molar-refractivity contribution in [2.75, 3.05) is 0 Å². The first kappa shape index (κ1) is 11.5. The minimum absolute atomic E-state index is 0.985. The van der Waals surface area contributed by atoms with E-state index in [1.54, 1.807) is 0 Å². The van der Waals surface area contributed by atoms with Crippen molar-refractivity contribution in [3.05, 3.63) is 77.5 Å². The van der Waals surface area contributed by atoms with Gasteiger partial charge in [0.05, 0.1) is 5.52 Å². The number of aryl methyl sites for hydroxylation is 1. The maximum Gasteiger partial charge on any atom is 0.0714 e. The van der Waals surface area contributed by atoms with Crippen LogP contribution in [-0.2, 0) is 0 Å². The fourth-order valence-electron chi connectivity index (χ4n) is 2.05. The molecule has 0 N–H and O–H groups in total. The SMILES string of the molecule is Cc1ccccc1C#Cc1ccnc2ccccc12. The summed E-state index contributed by atoms with van der Waals surface area (Å²) in [4.78, 5) is 4.35. The van der Waals surface area contributed by atoms with Crippen molar-refractivity contribution in [3.63, 3.8) is 0 Å². The number of nitrogens with zero attached hydrogens (tertiary/aromatic N) is 1. The Bertz CT molecular complexity index is 786. The third-order valence-electron chi connectivity index (χ3n) is 3.13. The van der Waals surface area contributed by atoms with Crippen molar-refractivity contribution in [1.29, 1.82) is 0 Å². The van der Waals surface area contributed by atoms with Gasteiger partial charge in [0, 0.05) is 22.7 Å². The highest BCUT2D eigenvalue weighted by molar-refractivity contribution is 5.84. The molecule has 3 aromatic rings. The summed E-state index contributed by atoms with van der Waals surface area (Å²) in [5.41, 5.74) is 4.28. The van der Waals surface area contributed by atoms with E-state index in [0.29, 0.717) is 0 Å². The molecule has 0 atom stereocenters. The van der Waals surface area contributed by atoms with Gasteiger partial charge in [-0.2, -0.15) is 0 Å². The van der Waals surface area contributed by atoms with Crippen molar-refractivity contribution in [2.24, 2.45) is 0 Å². The van der Waals surface area contributed by atoms with Crippen LogP contribution in [0.1, 0.15) is 16.7 Å². The number of hydrogen-bond donors (Lipinski definition) is 0. The zero-order valence-corrected chi connectivity index (χ0v) is 10.7. The van der Waals surface area contributed by atoms with Crippen molar-refractivity contribution in [3.8, 4) is 11.8 Å². The lowest BCUT2D eigenvalue weighted by molar-refractivity contribution is 1.40. The van der Waals surface area contributed by atoms with Crippen LogP contribution >= 0.6 is 0 Å². The average Bonchev–Trinajstić information content (AvgIpc) is 2.46. The second-order valence-corrected chi connectivity index (χ2v) is 4.44. The molecule has 0 fully saturated rings. The van der Waals surface area contributed by atoms with E-state index in [-0.39, 0.29) is 0 Å². The molecular formula is C18H13N. The minimum atomic E-state index is 0.985. The summed E-state index contributed by atoms with van der Waals surface area (Å²) in [6.45, 7) is 2.08. The quantitative estimate of drug-likeness (QED) is 0.545. The highest BCUT2D eigenvalue weighted by atomic mass is 14.6. The van der Waals surface area contributed by atoms with Gasteiger partial charge in [0.15, 0.2) is 0 Å². The van der Waals surface area contributed by atoms with Crippen LogP contribution in [0.2, 0.25) is 0 Å². The molecule has 0 bridgehead atoms. The summed E-state index contributed by atoms with van der Waals surface area (Å²) in [7, 11) is 0. The molecule has 1 aromatic heterocycles. The van der Waals surface area contributed by atoms with E-state index in [1.165, 1.54) is 5.56 Å². The molecule has 0 spiro atoms. The van der Waals surface area contributed by atoms with Gasteiger partial charge in [-0.25, -0.2) is 0 Å². The van der Waals surface area contributed by atoms with Crippen LogP contribution in [0.4, 0.5) is 0 Å². The molecule has 19 heavy (non-hydrogen) atoms. The molecule has 0 saturated heterocycles. The molecule has 0 radical (unpaired) electrons. The van der Waals surface area contributed by atoms with Crippen LogP contribution in [0.5, 0.6) is 0 Å². The number of para-hydroxylation sites is 1. The Morgan fingerprint density at radius 1 is 0.789 bits per heavy atom. The summed E-state index contributed by atoms with van der Waals surface area (Å²) in [6.07, 6.45) is 1.81. The molecular weight excluding hydrogens is 230 g/mol. The summed E-state index contributed by atoms with van der Waals surface area (Å²) in [6, 6.07) is 18.2. The molecule has 3 rings (SSSR count). The van der Waals surface area contributed by atoms with Gasteiger partial charge in [-0.1, -0.05) is 48.2 Å². The second-order valence-electron chi connectivity index (χ2n) is 4.44. The number of pyridine rings is 1. The number of benzene rings is 2. The van der Waals surface area contributed by atoms with Gasteiger partial charge in [0.2, 0.25) is 0 Å². The van der Waals surface area contributed by atoms with E-state index in [9.17, 15) is 0 Å². The molecule has 90 valence electrons. The van der Waals surface area contributed by atoms with E-state index < -0.39 is 0 Å². The number of rotatable bonds is 0. The van der Waals surface area contributed by atoms with E-state index in [4.69, 9.17) is 0 Å². The van der Waals surface area contributed by atoms with Crippen molar-refractivity contribution >= 4 is 10.9 Å². The first-order chi connectivity index (χ1) is 9.34. The van der Waals surface area contributed by atoms with Crippen molar-refractivity contribution < 1.29 is 0 Å².